The maximum absolute atomic E-state index is 12.6. The summed E-state index contributed by atoms with van der Waals surface area (Å²) in [5.41, 5.74) is 0.746. The third kappa shape index (κ3) is 2.84. The predicted molar refractivity (Wildman–Crippen MR) is 70.1 cm³/mol. The van der Waals surface area contributed by atoms with Gasteiger partial charge in [0.2, 0.25) is 5.69 Å². The van der Waals surface area contributed by atoms with Crippen molar-refractivity contribution in [3.8, 4) is 0 Å². The first-order chi connectivity index (χ1) is 9.34. The molecule has 1 fully saturated rings. The zero-order chi connectivity index (χ0) is 14.9. The van der Waals surface area contributed by atoms with Gasteiger partial charge in [-0.25, -0.2) is 4.85 Å². The largest absolute Gasteiger partial charge is 0.416 e. The molecule has 0 spiro atoms. The summed E-state index contributed by atoms with van der Waals surface area (Å²) in [7, 11) is 0. The van der Waals surface area contributed by atoms with Crippen LogP contribution in [0.3, 0.4) is 0 Å². The molecule has 0 saturated carbocycles. The summed E-state index contributed by atoms with van der Waals surface area (Å²) < 4.78 is 37.9. The molecule has 1 N–H and O–H groups in total. The fourth-order valence-electron chi connectivity index (χ4n) is 2.42. The van der Waals surface area contributed by atoms with Crippen LogP contribution in [0, 0.1) is 6.57 Å². The van der Waals surface area contributed by atoms with E-state index in [1.807, 2.05) is 0 Å². The van der Waals surface area contributed by atoms with Crippen LogP contribution in [0.4, 0.5) is 24.5 Å². The lowest BCUT2D eigenvalue weighted by atomic mass is 10.1. The van der Waals surface area contributed by atoms with Gasteiger partial charge in [-0.05, 0) is 25.0 Å². The van der Waals surface area contributed by atoms with E-state index in [0.717, 1.165) is 0 Å². The van der Waals surface area contributed by atoms with Crippen molar-refractivity contribution in [2.45, 2.75) is 31.2 Å². The quantitative estimate of drug-likeness (QED) is 0.842. The molecule has 0 aromatic heterocycles. The topological polar surface area (TPSA) is 27.8 Å². The second kappa shape index (κ2) is 5.51. The van der Waals surface area contributed by atoms with Crippen LogP contribution in [0.25, 0.3) is 4.85 Å². The van der Waals surface area contributed by atoms with Crippen LogP contribution in [0.2, 0.25) is 5.02 Å². The third-order valence-corrected chi connectivity index (χ3v) is 3.69. The van der Waals surface area contributed by atoms with E-state index in [9.17, 15) is 18.3 Å². The highest BCUT2D eigenvalue weighted by Gasteiger charge is 2.47. The van der Waals surface area contributed by atoms with E-state index in [-0.39, 0.29) is 17.1 Å². The normalized spacial score (nSPS) is 20.8. The van der Waals surface area contributed by atoms with Gasteiger partial charge in [0.1, 0.15) is 0 Å². The summed E-state index contributed by atoms with van der Waals surface area (Å²) in [6, 6.07) is 3.49. The molecule has 0 unspecified atom stereocenters. The maximum atomic E-state index is 12.6. The molecule has 0 bridgehead atoms. The van der Waals surface area contributed by atoms with E-state index in [1.54, 1.807) is 6.07 Å². The van der Waals surface area contributed by atoms with Gasteiger partial charge >= 0.3 is 6.18 Å². The molecular weight excluding hydrogens is 293 g/mol. The zero-order valence-electron chi connectivity index (χ0n) is 10.4. The number of hydrogen-bond donors (Lipinski definition) is 1. The van der Waals surface area contributed by atoms with Gasteiger partial charge in [-0.3, -0.25) is 0 Å². The van der Waals surface area contributed by atoms with Gasteiger partial charge < -0.3 is 10.0 Å². The average molecular weight is 305 g/mol. The number of aliphatic hydroxyl groups excluding tert-OH is 1. The summed E-state index contributed by atoms with van der Waals surface area (Å²) in [5.74, 6) is 0. The molecule has 1 aromatic carbocycles. The molecule has 1 aliphatic rings. The molecule has 1 aromatic rings. The lowest BCUT2D eigenvalue weighted by Crippen LogP contribution is -2.47. The van der Waals surface area contributed by atoms with E-state index in [2.05, 4.69) is 4.85 Å². The van der Waals surface area contributed by atoms with Crippen LogP contribution in [0.1, 0.15) is 12.8 Å². The minimum atomic E-state index is -4.65. The summed E-state index contributed by atoms with van der Waals surface area (Å²) in [4.78, 5) is 4.70. The van der Waals surface area contributed by atoms with E-state index >= 15 is 0 Å². The van der Waals surface area contributed by atoms with Crippen LogP contribution in [0.15, 0.2) is 18.2 Å². The zero-order valence-corrected chi connectivity index (χ0v) is 11.1. The number of hydrogen-bond acceptors (Lipinski definition) is 2. The summed E-state index contributed by atoms with van der Waals surface area (Å²) >= 11 is 5.90. The lowest BCUT2D eigenvalue weighted by Gasteiger charge is -2.31. The van der Waals surface area contributed by atoms with Crippen molar-refractivity contribution >= 4 is 23.0 Å². The van der Waals surface area contributed by atoms with Crippen LogP contribution in [-0.4, -0.2) is 30.0 Å². The Hall–Kier alpha value is -1.45. The van der Waals surface area contributed by atoms with Gasteiger partial charge in [0.05, 0.1) is 12.6 Å². The van der Waals surface area contributed by atoms with E-state index in [4.69, 9.17) is 18.2 Å². The van der Waals surface area contributed by atoms with Crippen LogP contribution in [-0.2, 0) is 0 Å². The fourth-order valence-corrected chi connectivity index (χ4v) is 2.64. The first-order valence-electron chi connectivity index (χ1n) is 6.03. The maximum Gasteiger partial charge on any atom is 0.416 e. The third-order valence-electron chi connectivity index (χ3n) is 3.38. The Kier molecular flexibility index (Phi) is 4.11. The number of anilines is 1. The highest BCUT2D eigenvalue weighted by Crippen LogP contribution is 2.36. The Morgan fingerprint density at radius 3 is 2.70 bits per heavy atom. The molecule has 2 rings (SSSR count). The minimum absolute atomic E-state index is 0.199. The second-order valence-electron chi connectivity index (χ2n) is 4.64. The van der Waals surface area contributed by atoms with Crippen molar-refractivity contribution in [2.75, 3.05) is 11.4 Å². The van der Waals surface area contributed by atoms with Gasteiger partial charge in [0.25, 0.3) is 0 Å². The standard InChI is InChI=1S/C13H12ClF3N2O/c1-18-10-5-4-8(7-9(10)14)19-6-2-3-11(19)12(20)13(15,16)17/h4-5,7,11-12,20H,2-3,6H2/t11-,12+/m1/s1. The number of rotatable bonds is 2. The lowest BCUT2D eigenvalue weighted by molar-refractivity contribution is -0.209. The van der Waals surface area contributed by atoms with E-state index < -0.39 is 18.3 Å². The summed E-state index contributed by atoms with van der Waals surface area (Å²) in [5, 5.41) is 9.64. The molecule has 0 amide bonds. The number of alkyl halides is 3. The smallest absolute Gasteiger partial charge is 0.382 e. The number of nitrogens with zero attached hydrogens (tertiary/aromatic N) is 2. The van der Waals surface area contributed by atoms with Gasteiger partial charge in [0, 0.05) is 17.3 Å². The highest BCUT2D eigenvalue weighted by atomic mass is 35.5. The van der Waals surface area contributed by atoms with Gasteiger partial charge in [-0.1, -0.05) is 17.7 Å². The van der Waals surface area contributed by atoms with Crippen molar-refractivity contribution in [3.63, 3.8) is 0 Å². The molecule has 1 heterocycles. The summed E-state index contributed by atoms with van der Waals surface area (Å²) in [6.07, 6.45) is -6.19. The van der Waals surface area contributed by atoms with Gasteiger partial charge in [0.15, 0.2) is 6.10 Å². The van der Waals surface area contributed by atoms with Crippen LogP contribution < -0.4 is 4.90 Å². The van der Waals surface area contributed by atoms with Crippen molar-refractivity contribution in [1.29, 1.82) is 0 Å². The Morgan fingerprint density at radius 1 is 1.45 bits per heavy atom. The molecule has 0 radical (unpaired) electrons. The number of halogens is 4. The molecule has 3 nitrogen and oxygen atoms in total. The van der Waals surface area contributed by atoms with E-state index in [1.165, 1.54) is 17.0 Å². The Bertz CT molecular complexity index is 541. The predicted octanol–water partition coefficient (Wildman–Crippen LogP) is 3.78. The monoisotopic (exact) mass is 304 g/mol. The molecule has 108 valence electrons. The molecule has 20 heavy (non-hydrogen) atoms. The molecule has 0 aliphatic carbocycles. The highest BCUT2D eigenvalue weighted by molar-refractivity contribution is 6.33. The number of aliphatic hydroxyl groups is 1. The molecule has 1 saturated heterocycles. The summed E-state index contributed by atoms with van der Waals surface area (Å²) in [6.45, 7) is 7.31. The van der Waals surface area contributed by atoms with Crippen molar-refractivity contribution < 1.29 is 18.3 Å². The molecule has 7 heteroatoms. The first kappa shape index (κ1) is 14.9. The van der Waals surface area contributed by atoms with Crippen molar-refractivity contribution in [3.05, 3.63) is 34.6 Å². The minimum Gasteiger partial charge on any atom is -0.382 e. The fraction of sp³-hybridized carbons (Fsp3) is 0.462. The Balaban J connectivity index is 2.28. The molecule has 1 aliphatic heterocycles. The number of benzene rings is 1. The Morgan fingerprint density at radius 2 is 2.15 bits per heavy atom. The van der Waals surface area contributed by atoms with Crippen LogP contribution >= 0.6 is 11.6 Å². The Labute approximate surface area is 119 Å². The van der Waals surface area contributed by atoms with Gasteiger partial charge in [-0.15, -0.1) is 0 Å². The van der Waals surface area contributed by atoms with E-state index in [0.29, 0.717) is 18.7 Å². The van der Waals surface area contributed by atoms with Crippen molar-refractivity contribution in [2.24, 2.45) is 0 Å². The first-order valence-corrected chi connectivity index (χ1v) is 6.41. The van der Waals surface area contributed by atoms with Crippen LogP contribution in [0.5, 0.6) is 0 Å². The van der Waals surface area contributed by atoms with Gasteiger partial charge in [-0.2, -0.15) is 13.2 Å². The second-order valence-corrected chi connectivity index (χ2v) is 5.04. The SMILES string of the molecule is [C-]#[N+]c1ccc(N2CCC[C@@H]2[C@H](O)C(F)(F)F)cc1Cl. The average Bonchev–Trinajstić information content (AvgIpc) is 2.85. The van der Waals surface area contributed by atoms with Crippen molar-refractivity contribution in [1.82, 2.24) is 0 Å². The molecular formula is C13H12ClF3N2O. The molecule has 2 atom stereocenters.